The van der Waals surface area contributed by atoms with Gasteiger partial charge >= 0.3 is 0 Å². The SMILES string of the molecule is O=C(Cn1cc(-c2ccc(-c3cncc4ccccc34)cc2)cn1)N1CCN(CCCC23CC4CC(CC(C4)C2)C3)CC1. The van der Waals surface area contributed by atoms with E-state index in [0.717, 1.165) is 71.6 Å². The summed E-state index contributed by atoms with van der Waals surface area (Å²) in [6.07, 6.45) is 19.6. The summed E-state index contributed by atoms with van der Waals surface area (Å²) in [5, 5.41) is 6.88. The highest BCUT2D eigenvalue weighted by molar-refractivity contribution is 5.95. The van der Waals surface area contributed by atoms with E-state index in [1.165, 1.54) is 63.3 Å². The fraction of sp³-hybridized carbons (Fsp3) is 0.486. The predicted octanol–water partition coefficient (Wildman–Crippen LogP) is 6.91. The summed E-state index contributed by atoms with van der Waals surface area (Å²) in [4.78, 5) is 22.2. The summed E-state index contributed by atoms with van der Waals surface area (Å²) in [7, 11) is 0. The van der Waals surface area contributed by atoms with E-state index < -0.39 is 0 Å². The third-order valence-electron chi connectivity index (χ3n) is 11.2. The summed E-state index contributed by atoms with van der Waals surface area (Å²) in [5.74, 6) is 3.31. The van der Waals surface area contributed by atoms with Crippen LogP contribution < -0.4 is 0 Å². The number of fused-ring (bicyclic) bond motifs is 1. The molecule has 6 heteroatoms. The fourth-order valence-electron chi connectivity index (χ4n) is 9.52. The van der Waals surface area contributed by atoms with Gasteiger partial charge in [0.2, 0.25) is 5.91 Å². The van der Waals surface area contributed by atoms with Crippen LogP contribution >= 0.6 is 0 Å². The summed E-state index contributed by atoms with van der Waals surface area (Å²) in [5.41, 5.74) is 5.08. The van der Waals surface area contributed by atoms with Gasteiger partial charge in [0, 0.05) is 61.3 Å². The molecule has 0 spiro atoms. The quantitative estimate of drug-likeness (QED) is 0.230. The maximum absolute atomic E-state index is 13.1. The first-order valence-electron chi connectivity index (χ1n) is 16.6. The standard InChI is InChI=1S/C37H43N5O/c43-36(41-14-12-40(13-15-41)11-3-10-37-19-27-16-28(20-37)18-29(17-27)21-37)26-42-25-33(23-39-42)30-6-8-31(9-7-30)35-24-38-22-32-4-1-2-5-34(32)35/h1-2,4-9,22-25,27-29H,3,10-21,26H2. The van der Waals surface area contributed by atoms with Crippen LogP contribution in [-0.4, -0.2) is 63.2 Å². The van der Waals surface area contributed by atoms with Crippen LogP contribution in [-0.2, 0) is 11.3 Å². The number of carbonyl (C=O) groups is 1. The van der Waals surface area contributed by atoms with Crippen molar-refractivity contribution in [2.24, 2.45) is 23.2 Å². The zero-order valence-electron chi connectivity index (χ0n) is 25.2. The first-order valence-corrected chi connectivity index (χ1v) is 16.6. The van der Waals surface area contributed by atoms with Crippen LogP contribution in [0.4, 0.5) is 0 Å². The molecule has 6 nitrogen and oxygen atoms in total. The van der Waals surface area contributed by atoms with Crippen LogP contribution in [0.2, 0.25) is 0 Å². The highest BCUT2D eigenvalue weighted by atomic mass is 16.2. The summed E-state index contributed by atoms with van der Waals surface area (Å²) < 4.78 is 1.79. The Labute approximate surface area is 255 Å². The Balaban J connectivity index is 0.822. The van der Waals surface area contributed by atoms with E-state index >= 15 is 0 Å². The molecule has 0 radical (unpaired) electrons. The van der Waals surface area contributed by atoms with Gasteiger partial charge in [-0.3, -0.25) is 19.4 Å². The zero-order chi connectivity index (χ0) is 28.8. The lowest BCUT2D eigenvalue weighted by Crippen LogP contribution is -2.50. The molecule has 4 aliphatic carbocycles. The van der Waals surface area contributed by atoms with Crippen molar-refractivity contribution in [3.63, 3.8) is 0 Å². The molecule has 3 heterocycles. The molecule has 2 aromatic carbocycles. The van der Waals surface area contributed by atoms with Gasteiger partial charge in [0.15, 0.2) is 0 Å². The number of nitrogens with zero attached hydrogens (tertiary/aromatic N) is 5. The largest absolute Gasteiger partial charge is 0.339 e. The van der Waals surface area contributed by atoms with E-state index in [-0.39, 0.29) is 5.91 Å². The third-order valence-corrected chi connectivity index (χ3v) is 11.2. The van der Waals surface area contributed by atoms with Crippen LogP contribution in [0.3, 0.4) is 0 Å². The van der Waals surface area contributed by atoms with Gasteiger partial charge in [-0.05, 0) is 97.6 Å². The molecule has 0 N–H and O–H groups in total. The van der Waals surface area contributed by atoms with Crippen LogP contribution in [0.25, 0.3) is 33.0 Å². The minimum Gasteiger partial charge on any atom is -0.339 e. The number of amides is 1. The van der Waals surface area contributed by atoms with Crippen LogP contribution in [0.15, 0.2) is 73.3 Å². The van der Waals surface area contributed by atoms with E-state index in [1.54, 1.807) is 4.68 Å². The Morgan fingerprint density at radius 2 is 1.49 bits per heavy atom. The van der Waals surface area contributed by atoms with Crippen molar-refractivity contribution in [1.29, 1.82) is 0 Å². The number of carbonyl (C=O) groups excluding carboxylic acids is 1. The topological polar surface area (TPSA) is 54.3 Å². The van der Waals surface area contributed by atoms with Crippen LogP contribution in [0.1, 0.15) is 51.4 Å². The Kier molecular flexibility index (Phi) is 7.05. The molecule has 1 saturated heterocycles. The number of aromatic nitrogens is 3. The lowest BCUT2D eigenvalue weighted by molar-refractivity contribution is -0.133. The van der Waals surface area contributed by atoms with Gasteiger partial charge in [0.05, 0.1) is 6.20 Å². The maximum Gasteiger partial charge on any atom is 0.244 e. The molecular weight excluding hydrogens is 530 g/mol. The molecule has 0 atom stereocenters. The average molecular weight is 574 g/mol. The number of piperazine rings is 1. The maximum atomic E-state index is 13.1. The predicted molar refractivity (Wildman–Crippen MR) is 171 cm³/mol. The van der Waals surface area contributed by atoms with Crippen molar-refractivity contribution in [3.05, 3.63) is 73.3 Å². The van der Waals surface area contributed by atoms with Crippen molar-refractivity contribution >= 4 is 16.7 Å². The third kappa shape index (κ3) is 5.50. The Bertz CT molecular complexity index is 1560. The van der Waals surface area contributed by atoms with Crippen molar-refractivity contribution in [2.45, 2.75) is 57.9 Å². The molecule has 4 bridgehead atoms. The van der Waals surface area contributed by atoms with Crippen molar-refractivity contribution in [3.8, 4) is 22.3 Å². The van der Waals surface area contributed by atoms with Gasteiger partial charge in [-0.1, -0.05) is 48.5 Å². The van der Waals surface area contributed by atoms with E-state index in [9.17, 15) is 4.79 Å². The van der Waals surface area contributed by atoms with Crippen molar-refractivity contribution in [1.82, 2.24) is 24.6 Å². The van der Waals surface area contributed by atoms with E-state index in [1.807, 2.05) is 35.8 Å². The molecule has 1 amide bonds. The second-order valence-corrected chi connectivity index (χ2v) is 14.2. The highest BCUT2D eigenvalue weighted by Gasteiger charge is 2.50. The van der Waals surface area contributed by atoms with E-state index in [0.29, 0.717) is 12.0 Å². The average Bonchev–Trinajstić information content (AvgIpc) is 3.49. The summed E-state index contributed by atoms with van der Waals surface area (Å²) in [6.45, 7) is 5.14. The number of benzene rings is 2. The smallest absolute Gasteiger partial charge is 0.244 e. The molecular formula is C37H43N5O. The van der Waals surface area contributed by atoms with Gasteiger partial charge in [-0.15, -0.1) is 0 Å². The lowest BCUT2D eigenvalue weighted by atomic mass is 9.48. The molecule has 5 fully saturated rings. The van der Waals surface area contributed by atoms with E-state index in [4.69, 9.17) is 0 Å². The molecule has 4 aromatic rings. The summed E-state index contributed by atoms with van der Waals surface area (Å²) >= 11 is 0. The lowest BCUT2D eigenvalue weighted by Gasteiger charge is -2.57. The van der Waals surface area contributed by atoms with Gasteiger partial charge in [0.25, 0.3) is 0 Å². The Morgan fingerprint density at radius 1 is 0.791 bits per heavy atom. The molecule has 1 aliphatic heterocycles. The molecule has 222 valence electrons. The number of hydrogen-bond donors (Lipinski definition) is 0. The van der Waals surface area contributed by atoms with Gasteiger partial charge in [0.1, 0.15) is 6.54 Å². The first kappa shape index (κ1) is 27.1. The molecule has 0 unspecified atom stereocenters. The van der Waals surface area contributed by atoms with Gasteiger partial charge < -0.3 is 4.90 Å². The first-order chi connectivity index (χ1) is 21.1. The second-order valence-electron chi connectivity index (χ2n) is 14.2. The molecule has 4 saturated carbocycles. The number of rotatable bonds is 8. The highest BCUT2D eigenvalue weighted by Crippen LogP contribution is 2.61. The normalized spacial score (nSPS) is 26.8. The molecule has 9 rings (SSSR count). The molecule has 43 heavy (non-hydrogen) atoms. The van der Waals surface area contributed by atoms with Crippen molar-refractivity contribution in [2.75, 3.05) is 32.7 Å². The monoisotopic (exact) mass is 573 g/mol. The van der Waals surface area contributed by atoms with E-state index in [2.05, 4.69) is 57.4 Å². The van der Waals surface area contributed by atoms with Crippen LogP contribution in [0, 0.1) is 23.2 Å². The van der Waals surface area contributed by atoms with Gasteiger partial charge in [-0.2, -0.15) is 5.10 Å². The minimum atomic E-state index is 0.168. The zero-order valence-corrected chi connectivity index (χ0v) is 25.2. The summed E-state index contributed by atoms with van der Waals surface area (Å²) in [6, 6.07) is 16.9. The molecule has 5 aliphatic rings. The Morgan fingerprint density at radius 3 is 2.23 bits per heavy atom. The van der Waals surface area contributed by atoms with Gasteiger partial charge in [-0.25, -0.2) is 0 Å². The number of hydrogen-bond acceptors (Lipinski definition) is 4. The Hall–Kier alpha value is -3.51. The van der Waals surface area contributed by atoms with Crippen molar-refractivity contribution < 1.29 is 4.79 Å². The number of pyridine rings is 1. The molecule has 2 aromatic heterocycles. The fourth-order valence-corrected chi connectivity index (χ4v) is 9.52. The second kappa shape index (κ2) is 11.2. The minimum absolute atomic E-state index is 0.168. The van der Waals surface area contributed by atoms with Crippen LogP contribution in [0.5, 0.6) is 0 Å².